The molecule has 130 valence electrons. The molecule has 4 unspecified atom stereocenters. The number of ether oxygens (including phenoxy) is 5. The average molecular weight is 334 g/mol. The number of hydrogen-bond donors (Lipinski definition) is 0. The van der Waals surface area contributed by atoms with Crippen molar-refractivity contribution in [2.75, 3.05) is 7.11 Å². The van der Waals surface area contributed by atoms with Gasteiger partial charge in [-0.2, -0.15) is 0 Å². The molecule has 3 aliphatic rings. The van der Waals surface area contributed by atoms with Gasteiger partial charge in [-0.15, -0.1) is 0 Å². The summed E-state index contributed by atoms with van der Waals surface area (Å²) in [5.74, 6) is -1.06. The molecule has 0 bridgehead atoms. The second-order valence-corrected chi connectivity index (χ2v) is 7.00. The van der Waals surface area contributed by atoms with Crippen molar-refractivity contribution in [3.05, 3.63) is 35.9 Å². The maximum absolute atomic E-state index is 12.4. The van der Waals surface area contributed by atoms with Gasteiger partial charge in [0.2, 0.25) is 0 Å². The molecule has 1 aliphatic carbocycles. The third-order valence-electron chi connectivity index (χ3n) is 5.00. The van der Waals surface area contributed by atoms with E-state index in [1.807, 2.05) is 32.0 Å². The van der Waals surface area contributed by atoms with Crippen molar-refractivity contribution in [3.8, 4) is 0 Å². The fourth-order valence-corrected chi connectivity index (χ4v) is 4.12. The van der Waals surface area contributed by atoms with E-state index in [4.69, 9.17) is 23.7 Å². The topological polar surface area (TPSA) is 63.2 Å². The first kappa shape index (κ1) is 16.0. The number of benzene rings is 1. The van der Waals surface area contributed by atoms with Crippen LogP contribution >= 0.6 is 0 Å². The minimum atomic E-state index is -0.707. The molecule has 1 spiro atoms. The molecule has 1 saturated carbocycles. The van der Waals surface area contributed by atoms with Crippen molar-refractivity contribution in [1.82, 2.24) is 0 Å². The first-order valence-corrected chi connectivity index (χ1v) is 8.27. The summed E-state index contributed by atoms with van der Waals surface area (Å²) in [6, 6.07) is 8.96. The molecule has 0 radical (unpaired) electrons. The second-order valence-electron chi connectivity index (χ2n) is 7.00. The Hall–Kier alpha value is -1.47. The van der Waals surface area contributed by atoms with Crippen LogP contribution in [0.5, 0.6) is 0 Å². The van der Waals surface area contributed by atoms with E-state index in [1.165, 1.54) is 0 Å². The minimum Gasteiger partial charge on any atom is -0.456 e. The van der Waals surface area contributed by atoms with Gasteiger partial charge in [0.25, 0.3) is 0 Å². The van der Waals surface area contributed by atoms with E-state index >= 15 is 0 Å². The normalized spacial score (nSPS) is 39.5. The molecule has 1 aromatic carbocycles. The van der Waals surface area contributed by atoms with Crippen molar-refractivity contribution in [2.24, 2.45) is 0 Å². The maximum atomic E-state index is 12.4. The van der Waals surface area contributed by atoms with Crippen LogP contribution in [-0.4, -0.2) is 49.1 Å². The monoisotopic (exact) mass is 334 g/mol. The van der Waals surface area contributed by atoms with Crippen LogP contribution in [-0.2, 0) is 23.7 Å². The number of hydrogen-bond acceptors (Lipinski definition) is 6. The molecule has 3 fully saturated rings. The molecular weight excluding hydrogens is 312 g/mol. The number of rotatable bonds is 3. The summed E-state index contributed by atoms with van der Waals surface area (Å²) in [4.78, 5) is 12.4. The summed E-state index contributed by atoms with van der Waals surface area (Å²) in [6.45, 7) is 3.76. The molecule has 6 nitrogen and oxygen atoms in total. The summed E-state index contributed by atoms with van der Waals surface area (Å²) in [5.41, 5.74) is -0.0913. The fourth-order valence-electron chi connectivity index (χ4n) is 4.12. The molecule has 2 saturated heterocycles. The van der Waals surface area contributed by atoms with Crippen LogP contribution in [0.4, 0.5) is 0 Å². The van der Waals surface area contributed by atoms with Crippen LogP contribution < -0.4 is 0 Å². The zero-order chi connectivity index (χ0) is 16.9. The van der Waals surface area contributed by atoms with Gasteiger partial charge >= 0.3 is 5.97 Å². The van der Waals surface area contributed by atoms with Crippen LogP contribution in [0.2, 0.25) is 0 Å². The molecule has 0 aromatic heterocycles. The Morgan fingerprint density at radius 1 is 1.21 bits per heavy atom. The molecule has 4 rings (SSSR count). The summed E-state index contributed by atoms with van der Waals surface area (Å²) in [6.07, 6.45) is -0.216. The first-order chi connectivity index (χ1) is 11.5. The highest BCUT2D eigenvalue weighted by Crippen LogP contribution is 2.54. The van der Waals surface area contributed by atoms with Gasteiger partial charge < -0.3 is 23.7 Å². The van der Waals surface area contributed by atoms with E-state index in [1.54, 1.807) is 19.2 Å². The number of carbonyl (C=O) groups excluding carboxylic acids is 1. The highest BCUT2D eigenvalue weighted by Gasteiger charge is 2.71. The molecule has 2 heterocycles. The maximum Gasteiger partial charge on any atom is 0.338 e. The van der Waals surface area contributed by atoms with Crippen LogP contribution in [0.3, 0.4) is 0 Å². The van der Waals surface area contributed by atoms with Gasteiger partial charge in [-0.1, -0.05) is 18.2 Å². The van der Waals surface area contributed by atoms with E-state index in [0.29, 0.717) is 18.4 Å². The average Bonchev–Trinajstić information content (AvgIpc) is 3.12. The van der Waals surface area contributed by atoms with Crippen LogP contribution in [0.15, 0.2) is 30.3 Å². The van der Waals surface area contributed by atoms with Gasteiger partial charge in [-0.3, -0.25) is 0 Å². The Bertz CT molecular complexity index is 630. The van der Waals surface area contributed by atoms with E-state index in [2.05, 4.69) is 0 Å². The SMILES string of the molecule is COC1OC2[C@@H](OC(=O)c3ccccc3)CCC23OC(C)(C)OC13. The molecule has 1 aromatic rings. The molecule has 5 atom stereocenters. The third-order valence-corrected chi connectivity index (χ3v) is 5.00. The van der Waals surface area contributed by atoms with E-state index in [-0.39, 0.29) is 24.3 Å². The zero-order valence-corrected chi connectivity index (χ0v) is 14.1. The largest absolute Gasteiger partial charge is 0.456 e. The summed E-state index contributed by atoms with van der Waals surface area (Å²) in [7, 11) is 1.58. The van der Waals surface area contributed by atoms with Gasteiger partial charge in [0.05, 0.1) is 5.56 Å². The number of methoxy groups -OCH3 is 1. The lowest BCUT2D eigenvalue weighted by atomic mass is 9.95. The summed E-state index contributed by atoms with van der Waals surface area (Å²) >= 11 is 0. The molecule has 0 amide bonds. The van der Waals surface area contributed by atoms with Crippen LogP contribution in [0.25, 0.3) is 0 Å². The van der Waals surface area contributed by atoms with Crippen molar-refractivity contribution in [1.29, 1.82) is 0 Å². The van der Waals surface area contributed by atoms with Gasteiger partial charge in [-0.05, 0) is 38.8 Å². The highest BCUT2D eigenvalue weighted by atomic mass is 16.8. The minimum absolute atomic E-state index is 0.317. The predicted molar refractivity (Wildman–Crippen MR) is 83.3 cm³/mol. The Balaban J connectivity index is 1.55. The van der Waals surface area contributed by atoms with E-state index in [0.717, 1.165) is 0 Å². The molecular formula is C18H22O6. The van der Waals surface area contributed by atoms with Crippen molar-refractivity contribution >= 4 is 5.97 Å². The van der Waals surface area contributed by atoms with E-state index < -0.39 is 17.7 Å². The Morgan fingerprint density at radius 3 is 2.67 bits per heavy atom. The van der Waals surface area contributed by atoms with Gasteiger partial charge in [-0.25, -0.2) is 4.79 Å². The van der Waals surface area contributed by atoms with E-state index in [9.17, 15) is 4.79 Å². The second kappa shape index (κ2) is 5.52. The molecule has 0 N–H and O–H groups in total. The van der Waals surface area contributed by atoms with Gasteiger partial charge in [0.1, 0.15) is 23.9 Å². The van der Waals surface area contributed by atoms with Crippen LogP contribution in [0.1, 0.15) is 37.0 Å². The van der Waals surface area contributed by atoms with Gasteiger partial charge in [0, 0.05) is 7.11 Å². The fraction of sp³-hybridized carbons (Fsp3) is 0.611. The quantitative estimate of drug-likeness (QED) is 0.790. The Labute approximate surface area is 141 Å². The lowest BCUT2D eigenvalue weighted by Crippen LogP contribution is -2.46. The number of esters is 1. The van der Waals surface area contributed by atoms with Crippen LogP contribution in [0, 0.1) is 0 Å². The van der Waals surface area contributed by atoms with Crippen molar-refractivity contribution < 1.29 is 28.5 Å². The highest BCUT2D eigenvalue weighted by molar-refractivity contribution is 5.89. The molecule has 24 heavy (non-hydrogen) atoms. The smallest absolute Gasteiger partial charge is 0.338 e. The first-order valence-electron chi connectivity index (χ1n) is 8.27. The summed E-state index contributed by atoms with van der Waals surface area (Å²) < 4.78 is 29.3. The zero-order valence-electron chi connectivity index (χ0n) is 14.1. The molecule has 6 heteroatoms. The third kappa shape index (κ3) is 2.37. The Morgan fingerprint density at radius 2 is 1.96 bits per heavy atom. The Kier molecular flexibility index (Phi) is 3.69. The van der Waals surface area contributed by atoms with Gasteiger partial charge in [0.15, 0.2) is 12.1 Å². The van der Waals surface area contributed by atoms with Crippen molar-refractivity contribution in [3.63, 3.8) is 0 Å². The lowest BCUT2D eigenvalue weighted by molar-refractivity contribution is -0.240. The standard InChI is InChI=1S/C18H22O6/c1-17(2)23-14-16(20-3)22-13-12(9-10-18(13,14)24-17)21-15(19)11-7-5-4-6-8-11/h4-8,12-14,16H,9-10H2,1-3H3/t12-,13?,14?,16?,18?/m0/s1. The lowest BCUT2D eigenvalue weighted by Gasteiger charge is -2.28. The number of carbonyl (C=O) groups is 1. The van der Waals surface area contributed by atoms with Crippen molar-refractivity contribution in [2.45, 2.75) is 62.7 Å². The summed E-state index contributed by atoms with van der Waals surface area (Å²) in [5, 5.41) is 0. The predicted octanol–water partition coefficient (Wildman–Crippen LogP) is 2.27. The molecule has 2 aliphatic heterocycles.